The van der Waals surface area contributed by atoms with Crippen molar-refractivity contribution in [3.05, 3.63) is 59.2 Å². The number of benzene rings is 2. The van der Waals surface area contributed by atoms with Crippen molar-refractivity contribution >= 4 is 5.91 Å². The maximum absolute atomic E-state index is 12.9. The molecule has 1 aliphatic rings. The summed E-state index contributed by atoms with van der Waals surface area (Å²) in [5, 5.41) is 3.19. The lowest BCUT2D eigenvalue weighted by molar-refractivity contribution is -0.129. The Kier molecular flexibility index (Phi) is 6.96. The molecule has 4 nitrogen and oxygen atoms in total. The second kappa shape index (κ2) is 9.63. The van der Waals surface area contributed by atoms with Gasteiger partial charge in [-0.15, -0.1) is 0 Å². The zero-order chi connectivity index (χ0) is 19.9. The summed E-state index contributed by atoms with van der Waals surface area (Å²) in [6, 6.07) is 14.1. The summed E-state index contributed by atoms with van der Waals surface area (Å²) in [5.74, 6) is 1.14. The minimum atomic E-state index is -0.553. The zero-order valence-electron chi connectivity index (χ0n) is 17.2. The fraction of sp³-hybridized carbons (Fsp3) is 0.458. The Bertz CT molecular complexity index is 802. The molecule has 0 spiro atoms. The molecule has 1 N–H and O–H groups in total. The average molecular weight is 382 g/mol. The van der Waals surface area contributed by atoms with Crippen LogP contribution in [0.5, 0.6) is 11.5 Å². The summed E-state index contributed by atoms with van der Waals surface area (Å²) >= 11 is 0. The first-order valence-electron chi connectivity index (χ1n) is 10.4. The first-order chi connectivity index (χ1) is 13.7. The molecular weight excluding hydrogens is 350 g/mol. The summed E-state index contributed by atoms with van der Waals surface area (Å²) in [4.78, 5) is 12.9. The number of hydrogen-bond donors (Lipinski definition) is 1. The monoisotopic (exact) mass is 381 g/mol. The molecule has 0 fully saturated rings. The molecule has 0 saturated carbocycles. The number of aryl methyl sites for hydroxylation is 2. The Balaban J connectivity index is 1.71. The maximum atomic E-state index is 12.9. The van der Waals surface area contributed by atoms with Crippen LogP contribution in [0.3, 0.4) is 0 Å². The fourth-order valence-corrected chi connectivity index (χ4v) is 3.85. The molecule has 1 amide bonds. The number of carbonyl (C=O) groups is 1. The van der Waals surface area contributed by atoms with Gasteiger partial charge in [0.05, 0.1) is 13.2 Å². The van der Waals surface area contributed by atoms with Crippen LogP contribution in [-0.2, 0) is 17.6 Å². The van der Waals surface area contributed by atoms with Crippen LogP contribution in [0.2, 0.25) is 0 Å². The minimum absolute atomic E-state index is 0.00459. The van der Waals surface area contributed by atoms with Crippen molar-refractivity contribution in [1.29, 1.82) is 0 Å². The topological polar surface area (TPSA) is 47.6 Å². The van der Waals surface area contributed by atoms with Gasteiger partial charge in [-0.3, -0.25) is 4.79 Å². The third kappa shape index (κ3) is 4.67. The third-order valence-corrected chi connectivity index (χ3v) is 5.50. The molecule has 2 atom stereocenters. The summed E-state index contributed by atoms with van der Waals surface area (Å²) < 4.78 is 11.3. The Labute approximate surface area is 168 Å². The van der Waals surface area contributed by atoms with E-state index in [9.17, 15) is 4.79 Å². The smallest absolute Gasteiger partial charge is 0.261 e. The fourth-order valence-electron chi connectivity index (χ4n) is 3.85. The first kappa shape index (κ1) is 20.2. The summed E-state index contributed by atoms with van der Waals surface area (Å²) in [6.07, 6.45) is 5.72. The summed E-state index contributed by atoms with van der Waals surface area (Å²) in [5.41, 5.74) is 4.08. The van der Waals surface area contributed by atoms with E-state index in [1.54, 1.807) is 7.11 Å². The Morgan fingerprint density at radius 1 is 1.00 bits per heavy atom. The predicted molar refractivity (Wildman–Crippen MR) is 112 cm³/mol. The largest absolute Gasteiger partial charge is 0.493 e. The van der Waals surface area contributed by atoms with Gasteiger partial charge >= 0.3 is 0 Å². The molecule has 3 rings (SSSR count). The van der Waals surface area contributed by atoms with E-state index in [0.29, 0.717) is 17.9 Å². The SMILES string of the molecule is CC[C@@H](Oc1ccccc1OC)C(=O)N[C@H](CC)c1ccc2c(c1)CCCC2. The quantitative estimate of drug-likeness (QED) is 0.700. The van der Waals surface area contributed by atoms with Crippen molar-refractivity contribution in [2.45, 2.75) is 64.5 Å². The van der Waals surface area contributed by atoms with E-state index in [0.717, 1.165) is 12.8 Å². The van der Waals surface area contributed by atoms with Crippen LogP contribution in [-0.4, -0.2) is 19.1 Å². The number of nitrogens with one attached hydrogen (secondary N) is 1. The minimum Gasteiger partial charge on any atom is -0.493 e. The van der Waals surface area contributed by atoms with E-state index in [-0.39, 0.29) is 11.9 Å². The second-order valence-corrected chi connectivity index (χ2v) is 7.37. The van der Waals surface area contributed by atoms with Crippen LogP contribution in [0.25, 0.3) is 0 Å². The lowest BCUT2D eigenvalue weighted by Gasteiger charge is -2.24. The van der Waals surface area contributed by atoms with E-state index in [1.807, 2.05) is 31.2 Å². The predicted octanol–water partition coefficient (Wildman–Crippen LogP) is 5.00. The van der Waals surface area contributed by atoms with Gasteiger partial charge in [0.2, 0.25) is 0 Å². The maximum Gasteiger partial charge on any atom is 0.261 e. The Hall–Kier alpha value is -2.49. The van der Waals surface area contributed by atoms with Gasteiger partial charge in [-0.1, -0.05) is 44.2 Å². The molecule has 2 aromatic rings. The van der Waals surface area contributed by atoms with Crippen LogP contribution < -0.4 is 14.8 Å². The van der Waals surface area contributed by atoms with Crippen molar-refractivity contribution in [2.75, 3.05) is 7.11 Å². The van der Waals surface area contributed by atoms with E-state index in [1.165, 1.54) is 36.0 Å². The van der Waals surface area contributed by atoms with Crippen molar-refractivity contribution < 1.29 is 14.3 Å². The highest BCUT2D eigenvalue weighted by Gasteiger charge is 2.23. The van der Waals surface area contributed by atoms with Crippen molar-refractivity contribution in [1.82, 2.24) is 5.32 Å². The van der Waals surface area contributed by atoms with Crippen LogP contribution in [0.4, 0.5) is 0 Å². The van der Waals surface area contributed by atoms with E-state index >= 15 is 0 Å². The van der Waals surface area contributed by atoms with Crippen LogP contribution in [0.15, 0.2) is 42.5 Å². The molecule has 0 aliphatic heterocycles. The lowest BCUT2D eigenvalue weighted by atomic mass is 9.88. The highest BCUT2D eigenvalue weighted by atomic mass is 16.5. The van der Waals surface area contributed by atoms with Crippen LogP contribution in [0.1, 0.15) is 62.3 Å². The van der Waals surface area contributed by atoms with Crippen molar-refractivity contribution in [2.24, 2.45) is 0 Å². The molecule has 4 heteroatoms. The van der Waals surface area contributed by atoms with Crippen molar-refractivity contribution in [3.8, 4) is 11.5 Å². The van der Waals surface area contributed by atoms with Gasteiger partial charge in [-0.25, -0.2) is 0 Å². The molecule has 1 aliphatic carbocycles. The van der Waals surface area contributed by atoms with Crippen LogP contribution in [0, 0.1) is 0 Å². The van der Waals surface area contributed by atoms with Crippen molar-refractivity contribution in [3.63, 3.8) is 0 Å². The normalized spacial score (nSPS) is 15.2. The van der Waals surface area contributed by atoms with Gasteiger partial charge in [0, 0.05) is 0 Å². The van der Waals surface area contributed by atoms with E-state index in [2.05, 4.69) is 30.4 Å². The van der Waals surface area contributed by atoms with Gasteiger partial charge in [-0.2, -0.15) is 0 Å². The molecule has 28 heavy (non-hydrogen) atoms. The van der Waals surface area contributed by atoms with E-state index in [4.69, 9.17) is 9.47 Å². The Morgan fingerprint density at radius 2 is 1.71 bits per heavy atom. The first-order valence-corrected chi connectivity index (χ1v) is 10.4. The van der Waals surface area contributed by atoms with Crippen LogP contribution >= 0.6 is 0 Å². The third-order valence-electron chi connectivity index (χ3n) is 5.50. The van der Waals surface area contributed by atoms with Gasteiger partial charge in [0.25, 0.3) is 5.91 Å². The average Bonchev–Trinajstić information content (AvgIpc) is 2.75. The molecular formula is C24H31NO3. The lowest BCUT2D eigenvalue weighted by Crippen LogP contribution is -2.40. The molecule has 2 aromatic carbocycles. The second-order valence-electron chi connectivity index (χ2n) is 7.37. The molecule has 0 radical (unpaired) electrons. The van der Waals surface area contributed by atoms with Gasteiger partial charge in [-0.05, 0) is 67.3 Å². The number of rotatable bonds is 8. The van der Waals surface area contributed by atoms with Gasteiger partial charge in [0.15, 0.2) is 17.6 Å². The number of ether oxygens (including phenoxy) is 2. The highest BCUT2D eigenvalue weighted by molar-refractivity contribution is 5.81. The molecule has 0 aromatic heterocycles. The number of para-hydroxylation sites is 2. The molecule has 0 heterocycles. The summed E-state index contributed by atoms with van der Waals surface area (Å²) in [6.45, 7) is 4.06. The van der Waals surface area contributed by atoms with Gasteiger partial charge in [0.1, 0.15) is 0 Å². The molecule has 0 bridgehead atoms. The standard InChI is InChI=1S/C24H31NO3/c1-4-20(19-15-14-17-10-6-7-11-18(17)16-19)25-24(26)21(5-2)28-23-13-9-8-12-22(23)27-3/h8-9,12-16,20-21H,4-7,10-11H2,1-3H3,(H,25,26)/t20-,21-/m1/s1. The Morgan fingerprint density at radius 3 is 2.39 bits per heavy atom. The van der Waals surface area contributed by atoms with Gasteiger partial charge < -0.3 is 14.8 Å². The number of methoxy groups -OCH3 is 1. The van der Waals surface area contributed by atoms with E-state index < -0.39 is 6.10 Å². The zero-order valence-corrected chi connectivity index (χ0v) is 17.2. The number of carbonyl (C=O) groups excluding carboxylic acids is 1. The molecule has 0 saturated heterocycles. The highest BCUT2D eigenvalue weighted by Crippen LogP contribution is 2.29. The molecule has 150 valence electrons. The number of amides is 1. The molecule has 0 unspecified atom stereocenters. The summed E-state index contributed by atoms with van der Waals surface area (Å²) in [7, 11) is 1.60. The number of hydrogen-bond acceptors (Lipinski definition) is 3. The number of fused-ring (bicyclic) bond motifs is 1.